The molecule has 0 heteroatoms. The summed E-state index contributed by atoms with van der Waals surface area (Å²) < 4.78 is 0. The first kappa shape index (κ1) is 10.3. The highest BCUT2D eigenvalue weighted by Crippen LogP contribution is 2.45. The third-order valence-corrected chi connectivity index (χ3v) is 3.85. The van der Waals surface area contributed by atoms with Gasteiger partial charge in [0.05, 0.1) is 0 Å². The van der Waals surface area contributed by atoms with Crippen LogP contribution in [0.1, 0.15) is 36.1 Å². The number of rotatable bonds is 0. The number of benzene rings is 2. The van der Waals surface area contributed by atoms with Crippen LogP contribution in [0.4, 0.5) is 0 Å². The van der Waals surface area contributed by atoms with E-state index in [4.69, 9.17) is 0 Å². The molecule has 0 aromatic heterocycles. The van der Waals surface area contributed by atoms with Crippen molar-refractivity contribution in [2.75, 3.05) is 0 Å². The minimum absolute atomic E-state index is 0.0639. The second-order valence-electron chi connectivity index (χ2n) is 5.19. The maximum atomic E-state index is 4.26. The summed E-state index contributed by atoms with van der Waals surface area (Å²) in [6.07, 6.45) is 0. The van der Waals surface area contributed by atoms with Gasteiger partial charge in [0, 0.05) is 5.41 Å². The van der Waals surface area contributed by atoms with Gasteiger partial charge in [0.25, 0.3) is 0 Å². The maximum Gasteiger partial charge on any atom is 0.0158 e. The van der Waals surface area contributed by atoms with Crippen LogP contribution in [0.3, 0.4) is 0 Å². The standard InChI is InChI=1S/C17H16/c1-12-13-8-4-6-10-15(13)17(2,3)16-11-7-5-9-14(12)16/h4-11H,1H2,2-3H3. The maximum absolute atomic E-state index is 4.26. The van der Waals surface area contributed by atoms with E-state index in [1.165, 1.54) is 22.3 Å². The van der Waals surface area contributed by atoms with E-state index in [-0.39, 0.29) is 5.41 Å². The summed E-state index contributed by atoms with van der Waals surface area (Å²) in [6.45, 7) is 8.84. The van der Waals surface area contributed by atoms with Gasteiger partial charge in [0.2, 0.25) is 0 Å². The fourth-order valence-electron chi connectivity index (χ4n) is 2.87. The Bertz CT molecular complexity index is 551. The third-order valence-electron chi connectivity index (χ3n) is 3.85. The molecule has 0 bridgehead atoms. The van der Waals surface area contributed by atoms with Crippen LogP contribution in [-0.2, 0) is 5.41 Å². The highest BCUT2D eigenvalue weighted by atomic mass is 14.4. The molecule has 0 heterocycles. The van der Waals surface area contributed by atoms with Crippen LogP contribution in [0.25, 0.3) is 5.57 Å². The Kier molecular flexibility index (Phi) is 2.03. The lowest BCUT2D eigenvalue weighted by molar-refractivity contribution is 0.630. The van der Waals surface area contributed by atoms with Crippen LogP contribution in [0, 0.1) is 0 Å². The molecule has 0 unspecified atom stereocenters. The van der Waals surface area contributed by atoms with Crippen LogP contribution in [0.2, 0.25) is 0 Å². The number of hydrogen-bond acceptors (Lipinski definition) is 0. The van der Waals surface area contributed by atoms with E-state index < -0.39 is 0 Å². The van der Waals surface area contributed by atoms with Gasteiger partial charge < -0.3 is 0 Å². The molecule has 0 nitrogen and oxygen atoms in total. The van der Waals surface area contributed by atoms with E-state index in [1.807, 2.05) is 0 Å². The van der Waals surface area contributed by atoms with Crippen LogP contribution in [-0.4, -0.2) is 0 Å². The molecule has 0 spiro atoms. The van der Waals surface area contributed by atoms with Crippen molar-refractivity contribution < 1.29 is 0 Å². The van der Waals surface area contributed by atoms with Crippen molar-refractivity contribution in [1.29, 1.82) is 0 Å². The third kappa shape index (κ3) is 1.30. The van der Waals surface area contributed by atoms with E-state index in [2.05, 4.69) is 69.0 Å². The van der Waals surface area contributed by atoms with E-state index >= 15 is 0 Å². The second-order valence-corrected chi connectivity index (χ2v) is 5.19. The summed E-state index contributed by atoms with van der Waals surface area (Å²) in [5, 5.41) is 0. The minimum Gasteiger partial charge on any atom is -0.0905 e. The van der Waals surface area contributed by atoms with Crippen LogP contribution in [0.15, 0.2) is 55.1 Å². The van der Waals surface area contributed by atoms with Crippen molar-refractivity contribution >= 4 is 5.57 Å². The predicted octanol–water partition coefficient (Wildman–Crippen LogP) is 4.39. The largest absolute Gasteiger partial charge is 0.0905 e. The quantitative estimate of drug-likeness (QED) is 0.617. The molecule has 0 amide bonds. The van der Waals surface area contributed by atoms with Gasteiger partial charge in [0.15, 0.2) is 0 Å². The molecule has 84 valence electrons. The summed E-state index contributed by atoms with van der Waals surface area (Å²) >= 11 is 0. The number of hydrogen-bond donors (Lipinski definition) is 0. The Hall–Kier alpha value is -1.82. The Labute approximate surface area is 103 Å². The molecule has 0 N–H and O–H groups in total. The molecule has 2 aromatic carbocycles. The molecule has 0 atom stereocenters. The van der Waals surface area contributed by atoms with Crippen LogP contribution < -0.4 is 0 Å². The predicted molar refractivity (Wildman–Crippen MR) is 73.1 cm³/mol. The molecule has 0 fully saturated rings. The SMILES string of the molecule is C=C1c2ccccc2C(C)(C)c2ccccc21. The first-order valence-corrected chi connectivity index (χ1v) is 6.01. The first-order chi connectivity index (χ1) is 8.12. The van der Waals surface area contributed by atoms with Gasteiger partial charge in [0.1, 0.15) is 0 Å². The van der Waals surface area contributed by atoms with Crippen molar-refractivity contribution in [3.8, 4) is 0 Å². The molecule has 1 aliphatic rings. The Morgan fingerprint density at radius 2 is 1.18 bits per heavy atom. The highest BCUT2D eigenvalue weighted by Gasteiger charge is 2.33. The summed E-state index contributed by atoms with van der Waals surface area (Å²) in [5.41, 5.74) is 6.55. The average molecular weight is 220 g/mol. The van der Waals surface area contributed by atoms with E-state index in [9.17, 15) is 0 Å². The molecule has 17 heavy (non-hydrogen) atoms. The summed E-state index contributed by atoms with van der Waals surface area (Å²) in [6, 6.07) is 17.2. The summed E-state index contributed by atoms with van der Waals surface area (Å²) in [5.74, 6) is 0. The summed E-state index contributed by atoms with van der Waals surface area (Å²) in [4.78, 5) is 0. The summed E-state index contributed by atoms with van der Waals surface area (Å²) in [7, 11) is 0. The highest BCUT2D eigenvalue weighted by molar-refractivity contribution is 5.86. The van der Waals surface area contributed by atoms with Gasteiger partial charge in [-0.2, -0.15) is 0 Å². The Balaban J connectivity index is 2.38. The lowest BCUT2D eigenvalue weighted by Gasteiger charge is -2.36. The Morgan fingerprint density at radius 3 is 1.65 bits per heavy atom. The van der Waals surface area contributed by atoms with Gasteiger partial charge in [-0.05, 0) is 27.8 Å². The molecular weight excluding hydrogens is 204 g/mol. The molecule has 2 aromatic rings. The lowest BCUT2D eigenvalue weighted by Crippen LogP contribution is -2.26. The molecule has 0 saturated heterocycles. The monoisotopic (exact) mass is 220 g/mol. The zero-order chi connectivity index (χ0) is 12.0. The second kappa shape index (κ2) is 3.33. The zero-order valence-electron chi connectivity index (χ0n) is 10.3. The molecule has 3 rings (SSSR count). The van der Waals surface area contributed by atoms with Crippen molar-refractivity contribution in [3.05, 3.63) is 77.4 Å². The average Bonchev–Trinajstić information content (AvgIpc) is 2.37. The van der Waals surface area contributed by atoms with Gasteiger partial charge in [-0.15, -0.1) is 0 Å². The van der Waals surface area contributed by atoms with Gasteiger partial charge in [-0.1, -0.05) is 69.0 Å². The van der Waals surface area contributed by atoms with Gasteiger partial charge in [-0.25, -0.2) is 0 Å². The first-order valence-electron chi connectivity index (χ1n) is 6.01. The normalized spacial score (nSPS) is 16.2. The molecule has 1 aliphatic carbocycles. The molecular formula is C17H16. The van der Waals surface area contributed by atoms with Crippen molar-refractivity contribution in [3.63, 3.8) is 0 Å². The fraction of sp³-hybridized carbons (Fsp3) is 0.176. The van der Waals surface area contributed by atoms with Gasteiger partial charge in [-0.3, -0.25) is 0 Å². The van der Waals surface area contributed by atoms with E-state index in [0.29, 0.717) is 0 Å². The fourth-order valence-corrected chi connectivity index (χ4v) is 2.87. The smallest absolute Gasteiger partial charge is 0.0158 e. The number of fused-ring (bicyclic) bond motifs is 2. The topological polar surface area (TPSA) is 0 Å². The van der Waals surface area contributed by atoms with Crippen LogP contribution >= 0.6 is 0 Å². The molecule has 0 saturated carbocycles. The zero-order valence-corrected chi connectivity index (χ0v) is 10.3. The van der Waals surface area contributed by atoms with Crippen LogP contribution in [0.5, 0.6) is 0 Å². The molecule has 0 aliphatic heterocycles. The lowest BCUT2D eigenvalue weighted by atomic mass is 9.67. The van der Waals surface area contributed by atoms with Crippen molar-refractivity contribution in [2.24, 2.45) is 0 Å². The van der Waals surface area contributed by atoms with Crippen molar-refractivity contribution in [1.82, 2.24) is 0 Å². The minimum atomic E-state index is 0.0639. The molecule has 0 radical (unpaired) electrons. The Morgan fingerprint density at radius 1 is 0.765 bits per heavy atom. The van der Waals surface area contributed by atoms with E-state index in [0.717, 1.165) is 5.57 Å². The van der Waals surface area contributed by atoms with Gasteiger partial charge >= 0.3 is 0 Å². The van der Waals surface area contributed by atoms with Crippen molar-refractivity contribution in [2.45, 2.75) is 19.3 Å². The van der Waals surface area contributed by atoms with E-state index in [1.54, 1.807) is 0 Å².